The van der Waals surface area contributed by atoms with Crippen LogP contribution >= 0.6 is 0 Å². The number of benzene rings is 3. The lowest BCUT2D eigenvalue weighted by molar-refractivity contribution is -0.142. The molecular formula is C33H36N6O6. The van der Waals surface area contributed by atoms with E-state index in [9.17, 15) is 29.4 Å². The number of H-pyrrole nitrogens is 1. The summed E-state index contributed by atoms with van der Waals surface area (Å²) in [5.74, 6) is -3.09. The van der Waals surface area contributed by atoms with E-state index < -0.39 is 47.9 Å². The summed E-state index contributed by atoms with van der Waals surface area (Å²) in [6, 6.07) is 19.6. The van der Waals surface area contributed by atoms with E-state index in [2.05, 4.69) is 25.9 Å². The van der Waals surface area contributed by atoms with E-state index in [4.69, 9.17) is 5.73 Å². The average Bonchev–Trinajstić information content (AvgIpc) is 3.55. The fourth-order valence-corrected chi connectivity index (χ4v) is 4.74. The van der Waals surface area contributed by atoms with Gasteiger partial charge in [0.15, 0.2) is 0 Å². The molecule has 4 unspecified atom stereocenters. The van der Waals surface area contributed by atoms with Crippen LogP contribution in [0.1, 0.15) is 22.4 Å². The molecule has 4 atom stereocenters. The summed E-state index contributed by atoms with van der Waals surface area (Å²) in [5, 5.41) is 27.4. The van der Waals surface area contributed by atoms with Crippen LogP contribution in [0.15, 0.2) is 97.5 Å². The van der Waals surface area contributed by atoms with Crippen LogP contribution in [0.3, 0.4) is 0 Å². The molecule has 0 fully saturated rings. The first-order valence-corrected chi connectivity index (χ1v) is 14.4. The molecule has 3 amide bonds. The maximum Gasteiger partial charge on any atom is 0.326 e. The standard InChI is InChI=1S/C33H36N6O6/c34-26(15-23-11-13-25(40)14-12-23)30(41)37-27(16-21-7-3-1-4-8-21)31(42)38-28(18-24-19-35-20-36-24)32(43)39-29(33(44)45)17-22-9-5-2-6-10-22/h1-14,19-20,26-29,40H,15-18,34H2,(H,35,36)(H,37,41)(H,38,42)(H,39,43)(H,44,45). The molecule has 0 saturated heterocycles. The smallest absolute Gasteiger partial charge is 0.326 e. The average molecular weight is 613 g/mol. The largest absolute Gasteiger partial charge is 0.508 e. The number of carbonyl (C=O) groups is 4. The number of phenols is 1. The number of hydrogen-bond acceptors (Lipinski definition) is 7. The van der Waals surface area contributed by atoms with E-state index in [1.165, 1.54) is 24.7 Å². The van der Waals surface area contributed by atoms with Gasteiger partial charge in [0.25, 0.3) is 0 Å². The molecule has 0 aliphatic rings. The summed E-state index contributed by atoms with van der Waals surface area (Å²) in [6.07, 6.45) is 3.22. The molecule has 0 radical (unpaired) electrons. The lowest BCUT2D eigenvalue weighted by Crippen LogP contribution is -2.58. The predicted octanol–water partition coefficient (Wildman–Crippen LogP) is 1.25. The van der Waals surface area contributed by atoms with Gasteiger partial charge in [0.1, 0.15) is 23.9 Å². The Balaban J connectivity index is 1.51. The third-order valence-electron chi connectivity index (χ3n) is 7.15. The third kappa shape index (κ3) is 10.0. The molecular weight excluding hydrogens is 576 g/mol. The number of phenolic OH excluding ortho intramolecular Hbond substituents is 1. The molecule has 45 heavy (non-hydrogen) atoms. The predicted molar refractivity (Wildman–Crippen MR) is 166 cm³/mol. The van der Waals surface area contributed by atoms with Crippen LogP contribution in [0.2, 0.25) is 0 Å². The number of aromatic hydroxyl groups is 1. The molecule has 0 bridgehead atoms. The highest BCUT2D eigenvalue weighted by atomic mass is 16.4. The molecule has 0 spiro atoms. The lowest BCUT2D eigenvalue weighted by Gasteiger charge is -2.25. The first-order valence-electron chi connectivity index (χ1n) is 14.4. The van der Waals surface area contributed by atoms with Crippen molar-refractivity contribution in [3.8, 4) is 5.75 Å². The Morgan fingerprint density at radius 1 is 0.667 bits per heavy atom. The second kappa shape index (κ2) is 15.8. The second-order valence-corrected chi connectivity index (χ2v) is 10.7. The molecule has 3 aromatic carbocycles. The Hall–Kier alpha value is -5.49. The first-order chi connectivity index (χ1) is 21.7. The van der Waals surface area contributed by atoms with Gasteiger partial charge in [0.05, 0.1) is 12.4 Å². The molecule has 234 valence electrons. The van der Waals surface area contributed by atoms with Gasteiger partial charge in [-0.05, 0) is 35.2 Å². The maximum atomic E-state index is 13.7. The Labute approximate surface area is 260 Å². The third-order valence-corrected chi connectivity index (χ3v) is 7.15. The SMILES string of the molecule is NC(Cc1ccc(O)cc1)C(=O)NC(Cc1ccccc1)C(=O)NC(Cc1cnc[nH]1)C(=O)NC(Cc1ccccc1)C(=O)O. The number of carboxylic acids is 1. The van der Waals surface area contributed by atoms with Crippen molar-refractivity contribution in [1.29, 1.82) is 0 Å². The van der Waals surface area contributed by atoms with Crippen molar-refractivity contribution in [3.05, 3.63) is 120 Å². The van der Waals surface area contributed by atoms with Crippen LogP contribution in [-0.4, -0.2) is 68.0 Å². The van der Waals surface area contributed by atoms with Crippen molar-refractivity contribution < 1.29 is 29.4 Å². The number of nitrogens with zero attached hydrogens (tertiary/aromatic N) is 1. The summed E-state index contributed by atoms with van der Waals surface area (Å²) in [5.41, 5.74) is 8.91. The van der Waals surface area contributed by atoms with Gasteiger partial charge in [-0.3, -0.25) is 14.4 Å². The number of nitrogens with two attached hydrogens (primary N) is 1. The Kier molecular flexibility index (Phi) is 11.4. The van der Waals surface area contributed by atoms with Crippen LogP contribution in [0.5, 0.6) is 5.75 Å². The molecule has 12 nitrogen and oxygen atoms in total. The van der Waals surface area contributed by atoms with Crippen molar-refractivity contribution in [2.45, 2.75) is 49.9 Å². The summed E-state index contributed by atoms with van der Waals surface area (Å²) in [7, 11) is 0. The summed E-state index contributed by atoms with van der Waals surface area (Å²) in [6.45, 7) is 0. The quantitative estimate of drug-likeness (QED) is 0.104. The van der Waals surface area contributed by atoms with Crippen LogP contribution in [0.4, 0.5) is 0 Å². The molecule has 4 rings (SSSR count). The van der Waals surface area contributed by atoms with E-state index in [0.29, 0.717) is 11.3 Å². The summed E-state index contributed by atoms with van der Waals surface area (Å²) in [4.78, 5) is 59.3. The number of aliphatic carboxylic acids is 1. The number of carboxylic acid groups (broad SMARTS) is 1. The van der Waals surface area contributed by atoms with Crippen LogP contribution in [0, 0.1) is 0 Å². The molecule has 1 aromatic heterocycles. The monoisotopic (exact) mass is 612 g/mol. The topological polar surface area (TPSA) is 200 Å². The van der Waals surface area contributed by atoms with Gasteiger partial charge in [-0.2, -0.15) is 0 Å². The van der Waals surface area contributed by atoms with Gasteiger partial charge in [0, 0.05) is 31.2 Å². The number of carbonyl (C=O) groups excluding carboxylic acids is 3. The highest BCUT2D eigenvalue weighted by Gasteiger charge is 2.31. The van der Waals surface area contributed by atoms with Gasteiger partial charge in [-0.25, -0.2) is 9.78 Å². The summed E-state index contributed by atoms with van der Waals surface area (Å²) < 4.78 is 0. The fourth-order valence-electron chi connectivity index (χ4n) is 4.74. The molecule has 0 aliphatic carbocycles. The van der Waals surface area contributed by atoms with Crippen molar-refractivity contribution >= 4 is 23.7 Å². The minimum Gasteiger partial charge on any atom is -0.508 e. The molecule has 0 saturated carbocycles. The van der Waals surface area contributed by atoms with E-state index in [1.54, 1.807) is 66.7 Å². The first kappa shape index (κ1) is 32.4. The van der Waals surface area contributed by atoms with Gasteiger partial charge in [-0.1, -0.05) is 72.8 Å². The Morgan fingerprint density at radius 3 is 1.69 bits per heavy atom. The molecule has 12 heteroatoms. The summed E-state index contributed by atoms with van der Waals surface area (Å²) >= 11 is 0. The van der Waals surface area contributed by atoms with E-state index in [1.807, 2.05) is 6.07 Å². The highest BCUT2D eigenvalue weighted by Crippen LogP contribution is 2.12. The number of imidazole rings is 1. The van der Waals surface area contributed by atoms with E-state index in [0.717, 1.165) is 11.1 Å². The zero-order valence-corrected chi connectivity index (χ0v) is 24.4. The number of rotatable bonds is 15. The number of hydrogen-bond donors (Lipinski definition) is 7. The number of amides is 3. The van der Waals surface area contributed by atoms with Crippen LogP contribution in [0.25, 0.3) is 0 Å². The fraction of sp³-hybridized carbons (Fsp3) is 0.242. The van der Waals surface area contributed by atoms with Crippen molar-refractivity contribution in [3.63, 3.8) is 0 Å². The molecule has 8 N–H and O–H groups in total. The van der Waals surface area contributed by atoms with Crippen LogP contribution in [-0.2, 0) is 44.9 Å². The molecule has 0 aliphatic heterocycles. The van der Waals surface area contributed by atoms with E-state index in [-0.39, 0.29) is 31.4 Å². The number of aromatic nitrogens is 2. The number of nitrogens with one attached hydrogen (secondary N) is 4. The van der Waals surface area contributed by atoms with Crippen molar-refractivity contribution in [2.24, 2.45) is 5.73 Å². The van der Waals surface area contributed by atoms with E-state index >= 15 is 0 Å². The van der Waals surface area contributed by atoms with Crippen molar-refractivity contribution in [1.82, 2.24) is 25.9 Å². The second-order valence-electron chi connectivity index (χ2n) is 10.7. The Bertz CT molecular complexity index is 1550. The molecule has 1 heterocycles. The van der Waals surface area contributed by atoms with Gasteiger partial charge in [-0.15, -0.1) is 0 Å². The van der Waals surface area contributed by atoms with Crippen LogP contribution < -0.4 is 21.7 Å². The molecule has 4 aromatic rings. The zero-order valence-electron chi connectivity index (χ0n) is 24.4. The highest BCUT2D eigenvalue weighted by molar-refractivity contribution is 5.94. The van der Waals surface area contributed by atoms with Gasteiger partial charge in [0.2, 0.25) is 17.7 Å². The minimum atomic E-state index is -1.25. The van der Waals surface area contributed by atoms with Crippen molar-refractivity contribution in [2.75, 3.05) is 0 Å². The minimum absolute atomic E-state index is 0.0123. The normalized spacial score (nSPS) is 13.5. The Morgan fingerprint density at radius 2 is 1.16 bits per heavy atom. The maximum absolute atomic E-state index is 13.7. The van der Waals surface area contributed by atoms with Gasteiger partial charge >= 0.3 is 5.97 Å². The number of aromatic amines is 1. The zero-order chi connectivity index (χ0) is 32.2. The lowest BCUT2D eigenvalue weighted by atomic mass is 10.0. The van der Waals surface area contributed by atoms with Gasteiger partial charge < -0.3 is 36.9 Å².